The van der Waals surface area contributed by atoms with E-state index in [0.717, 1.165) is 5.19 Å². The van der Waals surface area contributed by atoms with E-state index in [0.29, 0.717) is 0 Å². The molecule has 1 atom stereocenters. The third-order valence-electron chi connectivity index (χ3n) is 2.89. The van der Waals surface area contributed by atoms with Crippen LogP contribution < -0.4 is 5.19 Å². The maximum atomic E-state index is 6.62. The Hall–Kier alpha value is -1.35. The molecule has 1 aromatic rings. The van der Waals surface area contributed by atoms with Gasteiger partial charge in [-0.3, -0.25) is 0 Å². The van der Waals surface area contributed by atoms with Crippen molar-refractivity contribution in [3.8, 4) is 35.6 Å². The molecule has 7 heteroatoms. The number of benzene rings is 1. The summed E-state index contributed by atoms with van der Waals surface area (Å²) in [4.78, 5) is 0. The molecule has 0 amide bonds. The lowest BCUT2D eigenvalue weighted by molar-refractivity contribution is 0.353. The van der Waals surface area contributed by atoms with E-state index >= 15 is 0 Å². The maximum absolute atomic E-state index is 6.62. The average molecular weight is 403 g/mol. The molecule has 0 bridgehead atoms. The maximum Gasteiger partial charge on any atom is 0.440 e. The van der Waals surface area contributed by atoms with Crippen molar-refractivity contribution in [2.75, 3.05) is 0 Å². The molecule has 0 aromatic heterocycles. The molecule has 0 N–H and O–H groups in total. The Balaban J connectivity index is 3.43. The topological polar surface area (TPSA) is 27.7 Å². The highest BCUT2D eigenvalue weighted by atomic mass is 28.5. The molecular formula is C18H26O3Si4. The van der Waals surface area contributed by atoms with Gasteiger partial charge in [-0.25, -0.2) is 0 Å². The van der Waals surface area contributed by atoms with Crippen LogP contribution in [0.4, 0.5) is 0 Å². The quantitative estimate of drug-likeness (QED) is 0.517. The first kappa shape index (κ1) is 21.7. The molecule has 0 radical (unpaired) electrons. The summed E-state index contributed by atoms with van der Waals surface area (Å²) in [6, 6.07) is 9.97. The molecule has 1 aromatic carbocycles. The number of hydrogen-bond acceptors (Lipinski definition) is 3. The molecule has 0 aliphatic rings. The summed E-state index contributed by atoms with van der Waals surface area (Å²) in [5.74, 6) is 10.4. The van der Waals surface area contributed by atoms with Crippen molar-refractivity contribution < 1.29 is 12.3 Å². The zero-order chi connectivity index (χ0) is 18.9. The minimum atomic E-state index is -3.00. The van der Waals surface area contributed by atoms with Crippen molar-refractivity contribution in [1.82, 2.24) is 0 Å². The first-order valence-corrected chi connectivity index (χ1v) is 18.5. The van der Waals surface area contributed by atoms with Crippen molar-refractivity contribution in [3.63, 3.8) is 0 Å². The van der Waals surface area contributed by atoms with Crippen LogP contribution in [0.5, 0.6) is 0 Å². The molecule has 0 spiro atoms. The van der Waals surface area contributed by atoms with Crippen LogP contribution in [0.3, 0.4) is 0 Å². The van der Waals surface area contributed by atoms with Crippen molar-refractivity contribution >= 4 is 40.4 Å². The van der Waals surface area contributed by atoms with Crippen LogP contribution in [0.25, 0.3) is 0 Å². The molecule has 0 heterocycles. The Bertz CT molecular complexity index is 718. The largest absolute Gasteiger partial charge is 0.440 e. The van der Waals surface area contributed by atoms with Gasteiger partial charge in [0.2, 0.25) is 0 Å². The summed E-state index contributed by atoms with van der Waals surface area (Å²) < 4.78 is 19.3. The number of rotatable bonds is 7. The monoisotopic (exact) mass is 402 g/mol. The van der Waals surface area contributed by atoms with Gasteiger partial charge in [-0.1, -0.05) is 35.9 Å². The van der Waals surface area contributed by atoms with E-state index in [1.807, 2.05) is 30.3 Å². The summed E-state index contributed by atoms with van der Waals surface area (Å²) in [5.41, 5.74) is 3.23. The number of hydrogen-bond donors (Lipinski definition) is 0. The summed E-state index contributed by atoms with van der Waals surface area (Å²) in [7, 11) is -8.06. The lowest BCUT2D eigenvalue weighted by Crippen LogP contribution is -2.61. The summed E-state index contributed by atoms with van der Waals surface area (Å²) >= 11 is 0. The molecule has 3 nitrogen and oxygen atoms in total. The molecular weight excluding hydrogens is 377 g/mol. The fourth-order valence-corrected chi connectivity index (χ4v) is 16.1. The van der Waals surface area contributed by atoms with Crippen molar-refractivity contribution in [3.05, 3.63) is 30.3 Å². The molecule has 0 aliphatic heterocycles. The molecule has 1 unspecified atom stereocenters. The molecule has 132 valence electrons. The van der Waals surface area contributed by atoms with Crippen molar-refractivity contribution in [1.29, 1.82) is 0 Å². The van der Waals surface area contributed by atoms with Gasteiger partial charge >= 0.3 is 17.1 Å². The summed E-state index contributed by atoms with van der Waals surface area (Å²) in [6.07, 6.45) is 5.18. The van der Waals surface area contributed by atoms with E-state index in [1.165, 1.54) is 0 Å². The smallest absolute Gasteiger partial charge is 0.440 e. The molecule has 0 saturated heterocycles. The zero-order valence-corrected chi connectivity index (χ0v) is 20.2. The minimum Gasteiger partial charge on any atom is -0.440 e. The predicted octanol–water partition coefficient (Wildman–Crippen LogP) is 2.23. The molecule has 25 heavy (non-hydrogen) atoms. The fourth-order valence-electron chi connectivity index (χ4n) is 2.39. The van der Waals surface area contributed by atoms with Gasteiger partial charge in [0, 0.05) is 5.19 Å². The van der Waals surface area contributed by atoms with E-state index in [1.54, 1.807) is 0 Å². The lowest BCUT2D eigenvalue weighted by atomic mass is 10.4. The molecule has 0 fully saturated rings. The second-order valence-corrected chi connectivity index (χ2v) is 18.2. The third-order valence-corrected chi connectivity index (χ3v) is 14.9. The second-order valence-electron chi connectivity index (χ2n) is 6.46. The standard InChI is InChI=1S/C18H26O3Si4/c1-8-9-10-14-17-25(20-23(4)5,18-15-12-11-13-16-18)21-24(6,7)19-22(2)3/h1,11-13,15-16,22-23H,2-7H3. The van der Waals surface area contributed by atoms with Crippen LogP contribution in [0.15, 0.2) is 30.3 Å². The van der Waals surface area contributed by atoms with Crippen LogP contribution in [0, 0.1) is 35.6 Å². The second kappa shape index (κ2) is 9.96. The normalized spacial score (nSPS) is 13.2. The van der Waals surface area contributed by atoms with E-state index in [9.17, 15) is 0 Å². The number of terminal acetylenes is 1. The van der Waals surface area contributed by atoms with Gasteiger partial charge in [0.1, 0.15) is 0 Å². The van der Waals surface area contributed by atoms with E-state index < -0.39 is 35.2 Å². The van der Waals surface area contributed by atoms with E-state index in [2.05, 4.69) is 68.5 Å². The Labute approximate surface area is 158 Å². The van der Waals surface area contributed by atoms with Gasteiger partial charge in [-0.15, -0.1) is 6.42 Å². The first-order chi connectivity index (χ1) is 11.7. The van der Waals surface area contributed by atoms with Crippen LogP contribution in [-0.4, -0.2) is 35.2 Å². The van der Waals surface area contributed by atoms with Crippen LogP contribution in [0.2, 0.25) is 39.3 Å². The zero-order valence-electron chi connectivity index (χ0n) is 15.8. The van der Waals surface area contributed by atoms with Crippen LogP contribution in [-0.2, 0) is 12.3 Å². The minimum absolute atomic E-state index is 0.987. The Morgan fingerprint density at radius 2 is 1.48 bits per heavy atom. The Morgan fingerprint density at radius 3 is 2.00 bits per heavy atom. The first-order valence-electron chi connectivity index (χ1n) is 8.30. The Morgan fingerprint density at radius 1 is 0.880 bits per heavy atom. The van der Waals surface area contributed by atoms with Crippen LogP contribution >= 0.6 is 0 Å². The van der Waals surface area contributed by atoms with E-state index in [-0.39, 0.29) is 0 Å². The van der Waals surface area contributed by atoms with Gasteiger partial charge in [-0.05, 0) is 63.0 Å². The van der Waals surface area contributed by atoms with Crippen molar-refractivity contribution in [2.24, 2.45) is 0 Å². The summed E-state index contributed by atoms with van der Waals surface area (Å²) in [5, 5.41) is 0.987. The van der Waals surface area contributed by atoms with Gasteiger partial charge in [-0.2, -0.15) is 0 Å². The van der Waals surface area contributed by atoms with Gasteiger partial charge in [0.25, 0.3) is 0 Å². The fraction of sp³-hybridized carbons (Fsp3) is 0.333. The molecule has 1 rings (SSSR count). The highest BCUT2D eigenvalue weighted by molar-refractivity contribution is 6.97. The molecule has 0 saturated carbocycles. The van der Waals surface area contributed by atoms with Gasteiger partial charge in [0.05, 0.1) is 0 Å². The van der Waals surface area contributed by atoms with E-state index in [4.69, 9.17) is 18.8 Å². The summed E-state index contributed by atoms with van der Waals surface area (Å²) in [6.45, 7) is 12.7. The SMILES string of the molecule is C#CC#CC#C[Si](O[SiH](C)C)(O[Si](C)(C)O[SiH](C)C)c1ccccc1. The average Bonchev–Trinajstić information content (AvgIpc) is 2.50. The Kier molecular flexibility index (Phi) is 8.64. The predicted molar refractivity (Wildman–Crippen MR) is 115 cm³/mol. The lowest BCUT2D eigenvalue weighted by Gasteiger charge is -2.36. The van der Waals surface area contributed by atoms with Gasteiger partial charge < -0.3 is 12.3 Å². The van der Waals surface area contributed by atoms with Gasteiger partial charge in [0.15, 0.2) is 18.1 Å². The molecule has 0 aliphatic carbocycles. The highest BCUT2D eigenvalue weighted by Crippen LogP contribution is 2.19. The third kappa shape index (κ3) is 7.60. The highest BCUT2D eigenvalue weighted by Gasteiger charge is 2.46. The van der Waals surface area contributed by atoms with Crippen molar-refractivity contribution in [2.45, 2.75) is 39.3 Å². The van der Waals surface area contributed by atoms with Crippen LogP contribution in [0.1, 0.15) is 0 Å².